The first kappa shape index (κ1) is 10.5. The molecule has 1 amide bonds. The first-order valence-corrected chi connectivity index (χ1v) is 4.94. The van der Waals surface area contributed by atoms with Crippen LogP contribution in [0.3, 0.4) is 0 Å². The fourth-order valence-corrected chi connectivity index (χ4v) is 1.65. The van der Waals surface area contributed by atoms with Crippen LogP contribution < -0.4 is 0 Å². The van der Waals surface area contributed by atoms with Gasteiger partial charge in [-0.05, 0) is 6.42 Å². The first-order valence-electron chi connectivity index (χ1n) is 4.94. The number of nitrogens with zero attached hydrogens (tertiary/aromatic N) is 1. The molecule has 0 bridgehead atoms. The molecule has 0 N–H and O–H groups in total. The van der Waals surface area contributed by atoms with E-state index in [1.807, 2.05) is 25.8 Å². The number of hydrogen-bond acceptors (Lipinski definition) is 2. The van der Waals surface area contributed by atoms with E-state index in [-0.39, 0.29) is 11.8 Å². The molecule has 1 heterocycles. The molecule has 0 saturated carbocycles. The minimum Gasteiger partial charge on any atom is -0.381 e. The molecule has 0 spiro atoms. The molecule has 1 unspecified atom stereocenters. The first-order chi connectivity index (χ1) is 6.11. The third kappa shape index (κ3) is 2.99. The van der Waals surface area contributed by atoms with Gasteiger partial charge in [0.1, 0.15) is 0 Å². The largest absolute Gasteiger partial charge is 0.381 e. The Balaban J connectivity index is 2.31. The van der Waals surface area contributed by atoms with Crippen molar-refractivity contribution < 1.29 is 9.53 Å². The van der Waals surface area contributed by atoms with Crippen LogP contribution >= 0.6 is 0 Å². The molecule has 1 rings (SSSR count). The lowest BCUT2D eigenvalue weighted by Crippen LogP contribution is -2.34. The Kier molecular flexibility index (Phi) is 3.72. The summed E-state index contributed by atoms with van der Waals surface area (Å²) >= 11 is 0. The second kappa shape index (κ2) is 4.61. The highest BCUT2D eigenvalue weighted by atomic mass is 16.5. The minimum absolute atomic E-state index is 0.104. The molecule has 1 aliphatic rings. The summed E-state index contributed by atoms with van der Waals surface area (Å²) in [6, 6.07) is 0. The summed E-state index contributed by atoms with van der Waals surface area (Å²) in [6.07, 6.45) is 1.09. The van der Waals surface area contributed by atoms with E-state index in [0.29, 0.717) is 5.92 Å². The smallest absolute Gasteiger partial charge is 0.224 e. The molecule has 1 saturated heterocycles. The molecule has 13 heavy (non-hydrogen) atoms. The highest BCUT2D eigenvalue weighted by molar-refractivity contribution is 5.77. The average Bonchev–Trinajstić information content (AvgIpc) is 2.55. The van der Waals surface area contributed by atoms with Gasteiger partial charge in [-0.25, -0.2) is 0 Å². The molecule has 0 aromatic carbocycles. The van der Waals surface area contributed by atoms with Crippen molar-refractivity contribution in [3.05, 3.63) is 0 Å². The van der Waals surface area contributed by atoms with Crippen molar-refractivity contribution in [3.63, 3.8) is 0 Å². The van der Waals surface area contributed by atoms with Crippen LogP contribution in [0.2, 0.25) is 0 Å². The lowest BCUT2D eigenvalue weighted by molar-refractivity contribution is -0.133. The van der Waals surface area contributed by atoms with Crippen LogP contribution in [0.25, 0.3) is 0 Å². The van der Waals surface area contributed by atoms with Gasteiger partial charge in [0.25, 0.3) is 0 Å². The lowest BCUT2D eigenvalue weighted by Gasteiger charge is -2.22. The second-order valence-electron chi connectivity index (χ2n) is 4.10. The summed E-state index contributed by atoms with van der Waals surface area (Å²) in [7, 11) is 1.88. The molecular formula is C10H19NO2. The Morgan fingerprint density at radius 2 is 2.31 bits per heavy atom. The van der Waals surface area contributed by atoms with Crippen LogP contribution in [0.1, 0.15) is 20.3 Å². The molecule has 0 aromatic heterocycles. The summed E-state index contributed by atoms with van der Waals surface area (Å²) in [5.41, 5.74) is 0. The van der Waals surface area contributed by atoms with E-state index < -0.39 is 0 Å². The SMILES string of the molecule is CC(C)C(=O)N(C)CC1CCOC1. The zero-order valence-corrected chi connectivity index (χ0v) is 8.75. The predicted molar refractivity (Wildman–Crippen MR) is 51.4 cm³/mol. The average molecular weight is 185 g/mol. The van der Waals surface area contributed by atoms with E-state index in [2.05, 4.69) is 0 Å². The Morgan fingerprint density at radius 3 is 2.77 bits per heavy atom. The van der Waals surface area contributed by atoms with Crippen molar-refractivity contribution in [3.8, 4) is 0 Å². The van der Waals surface area contributed by atoms with Crippen LogP contribution in [0.4, 0.5) is 0 Å². The van der Waals surface area contributed by atoms with Gasteiger partial charge < -0.3 is 9.64 Å². The number of carbonyl (C=O) groups excluding carboxylic acids is 1. The van der Waals surface area contributed by atoms with Gasteiger partial charge in [-0.2, -0.15) is 0 Å². The number of carbonyl (C=O) groups is 1. The maximum atomic E-state index is 11.5. The van der Waals surface area contributed by atoms with E-state index in [9.17, 15) is 4.79 Å². The monoisotopic (exact) mass is 185 g/mol. The van der Waals surface area contributed by atoms with Crippen LogP contribution in [0, 0.1) is 11.8 Å². The molecule has 0 aliphatic carbocycles. The molecule has 1 aliphatic heterocycles. The number of ether oxygens (including phenoxy) is 1. The predicted octanol–water partition coefficient (Wildman–Crippen LogP) is 1.14. The fourth-order valence-electron chi connectivity index (χ4n) is 1.65. The Labute approximate surface area is 80.1 Å². The number of amides is 1. The van der Waals surface area contributed by atoms with E-state index in [0.717, 1.165) is 26.2 Å². The van der Waals surface area contributed by atoms with Gasteiger partial charge >= 0.3 is 0 Å². The normalized spacial score (nSPS) is 22.3. The van der Waals surface area contributed by atoms with Crippen LogP contribution in [0.5, 0.6) is 0 Å². The topological polar surface area (TPSA) is 29.5 Å². The van der Waals surface area contributed by atoms with Gasteiger partial charge in [0.05, 0.1) is 6.61 Å². The number of hydrogen-bond donors (Lipinski definition) is 0. The summed E-state index contributed by atoms with van der Waals surface area (Å²) in [5, 5.41) is 0. The summed E-state index contributed by atoms with van der Waals surface area (Å²) in [6.45, 7) is 6.38. The summed E-state index contributed by atoms with van der Waals surface area (Å²) in [4.78, 5) is 13.3. The standard InChI is InChI=1S/C10H19NO2/c1-8(2)10(12)11(3)6-9-4-5-13-7-9/h8-9H,4-7H2,1-3H3. The summed E-state index contributed by atoms with van der Waals surface area (Å²) in [5.74, 6) is 0.881. The van der Waals surface area contributed by atoms with Crippen LogP contribution in [-0.4, -0.2) is 37.6 Å². The van der Waals surface area contributed by atoms with Crippen molar-refractivity contribution in [2.75, 3.05) is 26.8 Å². The van der Waals surface area contributed by atoms with Crippen molar-refractivity contribution in [2.24, 2.45) is 11.8 Å². The van der Waals surface area contributed by atoms with Crippen molar-refractivity contribution in [2.45, 2.75) is 20.3 Å². The lowest BCUT2D eigenvalue weighted by atomic mass is 10.1. The molecule has 1 atom stereocenters. The van der Waals surface area contributed by atoms with Crippen molar-refractivity contribution >= 4 is 5.91 Å². The molecule has 1 fully saturated rings. The van der Waals surface area contributed by atoms with E-state index in [4.69, 9.17) is 4.74 Å². The quantitative estimate of drug-likeness (QED) is 0.660. The van der Waals surface area contributed by atoms with E-state index >= 15 is 0 Å². The molecule has 0 aromatic rings. The highest BCUT2D eigenvalue weighted by Crippen LogP contribution is 2.14. The van der Waals surface area contributed by atoms with Gasteiger partial charge in [0.2, 0.25) is 5.91 Å². The Hall–Kier alpha value is -0.570. The molecule has 3 nitrogen and oxygen atoms in total. The zero-order chi connectivity index (χ0) is 9.84. The second-order valence-corrected chi connectivity index (χ2v) is 4.10. The molecular weight excluding hydrogens is 166 g/mol. The molecule has 76 valence electrons. The van der Waals surface area contributed by atoms with Gasteiger partial charge in [0.15, 0.2) is 0 Å². The van der Waals surface area contributed by atoms with Gasteiger partial charge in [-0.1, -0.05) is 13.8 Å². The highest BCUT2D eigenvalue weighted by Gasteiger charge is 2.20. The van der Waals surface area contributed by atoms with Gasteiger partial charge in [-0.15, -0.1) is 0 Å². The van der Waals surface area contributed by atoms with Crippen LogP contribution in [-0.2, 0) is 9.53 Å². The maximum absolute atomic E-state index is 11.5. The number of rotatable bonds is 3. The van der Waals surface area contributed by atoms with Gasteiger partial charge in [-0.3, -0.25) is 4.79 Å². The third-order valence-electron chi connectivity index (χ3n) is 2.43. The van der Waals surface area contributed by atoms with Gasteiger partial charge in [0, 0.05) is 32.0 Å². The third-order valence-corrected chi connectivity index (χ3v) is 2.43. The minimum atomic E-state index is 0.104. The molecule has 3 heteroatoms. The van der Waals surface area contributed by atoms with E-state index in [1.165, 1.54) is 0 Å². The van der Waals surface area contributed by atoms with Crippen molar-refractivity contribution in [1.29, 1.82) is 0 Å². The Morgan fingerprint density at radius 1 is 1.62 bits per heavy atom. The van der Waals surface area contributed by atoms with Crippen molar-refractivity contribution in [1.82, 2.24) is 4.90 Å². The summed E-state index contributed by atoms with van der Waals surface area (Å²) < 4.78 is 5.26. The van der Waals surface area contributed by atoms with E-state index in [1.54, 1.807) is 0 Å². The Bertz CT molecular complexity index is 174. The maximum Gasteiger partial charge on any atom is 0.224 e. The zero-order valence-electron chi connectivity index (χ0n) is 8.75. The van der Waals surface area contributed by atoms with Crippen LogP contribution in [0.15, 0.2) is 0 Å². The molecule has 0 radical (unpaired) electrons. The fraction of sp³-hybridized carbons (Fsp3) is 0.900.